The van der Waals surface area contributed by atoms with Crippen LogP contribution >= 0.6 is 12.9 Å². The summed E-state index contributed by atoms with van der Waals surface area (Å²) in [4.78, 5) is 15.0. The van der Waals surface area contributed by atoms with Gasteiger partial charge in [0.1, 0.15) is 48.8 Å². The Labute approximate surface area is 340 Å². The predicted molar refractivity (Wildman–Crippen MR) is 235 cm³/mol. The fraction of sp³-hybridized carbons (Fsp3) is 0.914. The van der Waals surface area contributed by atoms with E-state index in [1.807, 2.05) is 0 Å². The molecule has 0 aromatic rings. The largest absolute Gasteiger partial charge is 0.415 e. The van der Waals surface area contributed by atoms with E-state index in [0.29, 0.717) is 0 Å². The van der Waals surface area contributed by atoms with Gasteiger partial charge in [0.2, 0.25) is 5.91 Å². The molecule has 19 heteroatoms. The van der Waals surface area contributed by atoms with Gasteiger partial charge in [-0.3, -0.25) is 4.79 Å². The molecule has 318 valence electrons. The van der Waals surface area contributed by atoms with Crippen LogP contribution in [0.3, 0.4) is 0 Å². The second kappa shape index (κ2) is 19.7. The minimum atomic E-state index is -2.32. The zero-order valence-corrected chi connectivity index (χ0v) is 44.0. The molecule has 1 amide bonds. The Morgan fingerprint density at radius 2 is 0.981 bits per heavy atom. The van der Waals surface area contributed by atoms with Crippen LogP contribution in [0.5, 0.6) is 0 Å². The van der Waals surface area contributed by atoms with Crippen molar-refractivity contribution < 1.29 is 49.7 Å². The molecule has 0 saturated carbocycles. The topological polar surface area (TPSA) is 113 Å². The molecule has 2 saturated heterocycles. The van der Waals surface area contributed by atoms with Crippen molar-refractivity contribution in [1.82, 2.24) is 4.90 Å². The van der Waals surface area contributed by atoms with E-state index in [9.17, 15) is 4.79 Å². The van der Waals surface area contributed by atoms with E-state index in [0.717, 1.165) is 0 Å². The molecule has 2 aliphatic heterocycles. The van der Waals surface area contributed by atoms with E-state index in [1.54, 1.807) is 17.9 Å². The van der Waals surface area contributed by atoms with E-state index in [-0.39, 0.29) is 25.7 Å². The number of hydrogen-bond acceptors (Lipinski definition) is 12. The molecule has 0 aliphatic carbocycles. The highest BCUT2D eigenvalue weighted by molar-refractivity contribution is 7.75. The summed E-state index contributed by atoms with van der Waals surface area (Å²) in [6.45, 7) is 44.7. The van der Waals surface area contributed by atoms with Crippen molar-refractivity contribution >= 4 is 68.7 Å². The quantitative estimate of drug-likeness (QED) is 0.0563. The number of ether oxygens (including phenoxy) is 3. The molecule has 0 bridgehead atoms. The summed E-state index contributed by atoms with van der Waals surface area (Å²) >= 11 is 4.38. The fourth-order valence-corrected chi connectivity index (χ4v) is 12.1. The highest BCUT2D eigenvalue weighted by Gasteiger charge is 2.57. The van der Waals surface area contributed by atoms with Crippen molar-refractivity contribution in [2.45, 2.75) is 186 Å². The Morgan fingerprint density at radius 3 is 1.35 bits per heavy atom. The van der Waals surface area contributed by atoms with Crippen molar-refractivity contribution in [2.24, 2.45) is 0 Å². The maximum atomic E-state index is 13.3. The number of nitrogens with zero attached hydrogens (tertiary/aromatic N) is 1. The summed E-state index contributed by atoms with van der Waals surface area (Å²) in [5.41, 5.74) is 0. The summed E-state index contributed by atoms with van der Waals surface area (Å²) in [6.07, 6.45) is -5.22. The van der Waals surface area contributed by atoms with Crippen molar-refractivity contribution in [3.05, 3.63) is 12.7 Å². The predicted octanol–water partition coefficient (Wildman–Crippen LogP) is 7.67. The number of thiol groups is 1. The smallest absolute Gasteiger partial charge is 0.221 e. The SMILES string of the molecule is C=CCN(C(C)=O)[C@@H]1O[C@@H](CO[Si](C)(C)C)[C@@H](O[C@@H]2OC(CO[Si](C)(C)C)[C@@H](OS)[C@H](O[Si](C)(C)C)C2O[Si](C)(C)C)C(O[Si](C)(C)C)C1O[Si](C)(C)C. The minimum Gasteiger partial charge on any atom is -0.415 e. The second-order valence-corrected chi connectivity index (χ2v) is 47.4. The van der Waals surface area contributed by atoms with Crippen LogP contribution < -0.4 is 0 Å². The molecule has 2 heterocycles. The van der Waals surface area contributed by atoms with Crippen LogP contribution in [0.1, 0.15) is 6.92 Å². The number of amides is 1. The third-order valence-electron chi connectivity index (χ3n) is 7.97. The summed E-state index contributed by atoms with van der Waals surface area (Å²) in [6, 6.07) is 0. The van der Waals surface area contributed by atoms with Crippen LogP contribution in [0.15, 0.2) is 12.7 Å². The van der Waals surface area contributed by atoms with Crippen LogP contribution in [0, 0.1) is 0 Å². The monoisotopic (exact) mass is 887 g/mol. The summed E-state index contributed by atoms with van der Waals surface area (Å²) in [5, 5.41) is 0. The first-order valence-electron chi connectivity index (χ1n) is 19.4. The molecular weight excluding hydrogens is 811 g/mol. The van der Waals surface area contributed by atoms with Gasteiger partial charge in [-0.15, -0.1) is 6.58 Å². The van der Waals surface area contributed by atoms with E-state index >= 15 is 0 Å². The number of hydrogen-bond donors (Lipinski definition) is 1. The molecule has 4 unspecified atom stereocenters. The van der Waals surface area contributed by atoms with Gasteiger partial charge in [-0.05, 0) is 131 Å². The van der Waals surface area contributed by atoms with Gasteiger partial charge in [-0.1, -0.05) is 6.08 Å². The summed E-state index contributed by atoms with van der Waals surface area (Å²) in [5.74, 6) is -0.159. The first-order valence-corrected chi connectivity index (χ1v) is 40.2. The maximum absolute atomic E-state index is 13.3. The lowest BCUT2D eigenvalue weighted by atomic mass is 9.96. The third-order valence-corrected chi connectivity index (χ3v) is 14.2. The molecular formula is C35H77NO11SSi6. The van der Waals surface area contributed by atoms with E-state index in [1.165, 1.54) is 0 Å². The molecule has 10 atom stereocenters. The van der Waals surface area contributed by atoms with Gasteiger partial charge in [0.05, 0.1) is 13.2 Å². The lowest BCUT2D eigenvalue weighted by Gasteiger charge is -2.54. The standard InChI is InChI=1S/C35H77NO11SSi6/c1-21-22-36(25(2)37)34-32(46-53(15,16)17)30(44-51(9,10)11)28(26(40-34)23-38-49(3,4)5)42-35-33(47-54(18,19)20)31(45-52(12,13)14)29(43-48)27(41-35)24-39-50(6,7)8/h21,26-35,48H,1,22-24H2,2-20H3/t26-,27?,28+,29+,30?,31-,32?,33?,34+,35-/m0/s1. The Hall–Kier alpha value is 0.461. The Bertz CT molecular complexity index is 1200. The average molecular weight is 889 g/mol. The first kappa shape index (κ1) is 50.6. The van der Waals surface area contributed by atoms with Crippen LogP contribution in [0.2, 0.25) is 118 Å². The molecule has 12 nitrogen and oxygen atoms in total. The lowest BCUT2D eigenvalue weighted by molar-refractivity contribution is -0.337. The Kier molecular flexibility index (Phi) is 18.4. The number of rotatable bonds is 20. The van der Waals surface area contributed by atoms with E-state index < -0.39 is 111 Å². The highest BCUT2D eigenvalue weighted by Crippen LogP contribution is 2.39. The Balaban J connectivity index is 2.92. The normalized spacial score (nSPS) is 30.7. The van der Waals surface area contributed by atoms with Crippen LogP contribution in [-0.2, 0) is 49.7 Å². The van der Waals surface area contributed by atoms with Gasteiger partial charge in [0.15, 0.2) is 62.4 Å². The van der Waals surface area contributed by atoms with Crippen molar-refractivity contribution in [3.63, 3.8) is 0 Å². The van der Waals surface area contributed by atoms with Gasteiger partial charge in [0.25, 0.3) is 0 Å². The van der Waals surface area contributed by atoms with Crippen LogP contribution in [0.4, 0.5) is 0 Å². The van der Waals surface area contributed by atoms with E-state index in [4.69, 9.17) is 44.9 Å². The summed E-state index contributed by atoms with van der Waals surface area (Å²) in [7, 11) is -13.1. The molecule has 2 fully saturated rings. The molecule has 0 aromatic carbocycles. The Morgan fingerprint density at radius 1 is 0.593 bits per heavy atom. The maximum Gasteiger partial charge on any atom is 0.221 e. The molecule has 2 aliphatic rings. The fourth-order valence-electron chi connectivity index (χ4n) is 6.22. The molecule has 54 heavy (non-hydrogen) atoms. The second-order valence-electron chi connectivity index (χ2n) is 20.4. The molecule has 0 radical (unpaired) electrons. The average Bonchev–Trinajstić information content (AvgIpc) is 2.94. The number of carbonyl (C=O) groups excluding carboxylic acids is 1. The highest BCUT2D eigenvalue weighted by atomic mass is 32.1. The van der Waals surface area contributed by atoms with Crippen molar-refractivity contribution in [1.29, 1.82) is 0 Å². The van der Waals surface area contributed by atoms with Gasteiger partial charge in [0, 0.05) is 13.5 Å². The van der Waals surface area contributed by atoms with Gasteiger partial charge in [-0.25, -0.2) is 0 Å². The lowest BCUT2D eigenvalue weighted by Crippen LogP contribution is -2.71. The van der Waals surface area contributed by atoms with Crippen molar-refractivity contribution in [2.75, 3.05) is 19.8 Å². The summed E-state index contributed by atoms with van der Waals surface area (Å²) < 4.78 is 68.3. The van der Waals surface area contributed by atoms with Crippen LogP contribution in [-0.4, -0.2) is 142 Å². The molecule has 0 N–H and O–H groups in total. The molecule has 2 rings (SSSR count). The number of carbonyl (C=O) groups is 1. The first-order chi connectivity index (χ1) is 24.2. The third kappa shape index (κ3) is 17.4. The van der Waals surface area contributed by atoms with Crippen molar-refractivity contribution in [3.8, 4) is 0 Å². The van der Waals surface area contributed by atoms with Gasteiger partial charge >= 0.3 is 0 Å². The zero-order valence-electron chi connectivity index (χ0n) is 37.1. The molecule has 0 spiro atoms. The molecule has 0 aromatic heterocycles. The zero-order chi connectivity index (χ0) is 41.8. The van der Waals surface area contributed by atoms with Gasteiger partial charge < -0.3 is 49.8 Å². The minimum absolute atomic E-state index is 0.159. The van der Waals surface area contributed by atoms with Crippen LogP contribution in [0.25, 0.3) is 0 Å². The van der Waals surface area contributed by atoms with E-state index in [2.05, 4.69) is 137 Å². The van der Waals surface area contributed by atoms with Gasteiger partial charge in [-0.2, -0.15) is 0 Å².